The summed E-state index contributed by atoms with van der Waals surface area (Å²) in [5, 5.41) is 2.92. The number of hydrogen-bond donors (Lipinski definition) is 1. The number of nitrogens with zero attached hydrogens (tertiary/aromatic N) is 1. The zero-order valence-corrected chi connectivity index (χ0v) is 12.6. The Balaban J connectivity index is 2.43. The van der Waals surface area contributed by atoms with E-state index in [0.717, 1.165) is 30.0 Å². The van der Waals surface area contributed by atoms with Crippen LogP contribution in [0.2, 0.25) is 0 Å². The third-order valence-electron chi connectivity index (χ3n) is 2.93. The summed E-state index contributed by atoms with van der Waals surface area (Å²) in [5.74, 6) is 0.824. The zero-order chi connectivity index (χ0) is 15.0. The molecule has 1 amide bonds. The van der Waals surface area contributed by atoms with Crippen LogP contribution in [0.1, 0.15) is 19.4 Å². The number of amides is 1. The molecule has 0 fully saturated rings. The highest BCUT2D eigenvalue weighted by molar-refractivity contribution is 5.78. The smallest absolute Gasteiger partial charge is 0.234 e. The third-order valence-corrected chi connectivity index (χ3v) is 2.93. The van der Waals surface area contributed by atoms with E-state index in [1.807, 2.05) is 38.1 Å². The zero-order valence-electron chi connectivity index (χ0n) is 12.6. The molecular formula is C16H24N2O2. The molecule has 0 spiro atoms. The molecule has 0 bridgehead atoms. The lowest BCUT2D eigenvalue weighted by Crippen LogP contribution is -2.37. The summed E-state index contributed by atoms with van der Waals surface area (Å²) in [7, 11) is 1.63. The Labute approximate surface area is 121 Å². The molecule has 0 unspecified atom stereocenters. The molecule has 0 aliphatic carbocycles. The lowest BCUT2D eigenvalue weighted by atomic mass is 10.2. The van der Waals surface area contributed by atoms with Crippen molar-refractivity contribution >= 4 is 5.91 Å². The first-order chi connectivity index (χ1) is 9.55. The van der Waals surface area contributed by atoms with E-state index in [1.54, 1.807) is 7.11 Å². The van der Waals surface area contributed by atoms with Crippen molar-refractivity contribution in [3.05, 3.63) is 42.0 Å². The molecule has 0 aliphatic rings. The van der Waals surface area contributed by atoms with Gasteiger partial charge in [0.15, 0.2) is 0 Å². The molecule has 1 rings (SSSR count). The van der Waals surface area contributed by atoms with E-state index in [1.165, 1.54) is 0 Å². The van der Waals surface area contributed by atoms with Gasteiger partial charge in [-0.2, -0.15) is 0 Å². The van der Waals surface area contributed by atoms with Gasteiger partial charge in [0.25, 0.3) is 0 Å². The van der Waals surface area contributed by atoms with Gasteiger partial charge in [-0.3, -0.25) is 9.69 Å². The number of ether oxygens (including phenoxy) is 1. The highest BCUT2D eigenvalue weighted by Crippen LogP contribution is 2.12. The maximum Gasteiger partial charge on any atom is 0.234 e. The van der Waals surface area contributed by atoms with Crippen LogP contribution in [0, 0.1) is 0 Å². The molecule has 4 heteroatoms. The van der Waals surface area contributed by atoms with Gasteiger partial charge in [-0.05, 0) is 31.2 Å². The molecule has 110 valence electrons. The van der Waals surface area contributed by atoms with E-state index in [4.69, 9.17) is 4.74 Å². The van der Waals surface area contributed by atoms with E-state index < -0.39 is 0 Å². The number of methoxy groups -OCH3 is 1. The number of rotatable bonds is 8. The highest BCUT2D eigenvalue weighted by atomic mass is 16.5. The Morgan fingerprint density at radius 1 is 1.40 bits per heavy atom. The second kappa shape index (κ2) is 8.38. The maximum atomic E-state index is 11.9. The molecule has 0 atom stereocenters. The van der Waals surface area contributed by atoms with Crippen LogP contribution in [0.25, 0.3) is 0 Å². The minimum Gasteiger partial charge on any atom is -0.497 e. The molecule has 0 saturated heterocycles. The first-order valence-corrected chi connectivity index (χ1v) is 6.81. The van der Waals surface area contributed by atoms with Gasteiger partial charge >= 0.3 is 0 Å². The SMILES string of the molecule is C=C(C)CN(CC)CC(=O)NCc1cccc(OC)c1. The topological polar surface area (TPSA) is 41.6 Å². The number of carbonyl (C=O) groups is 1. The van der Waals surface area contributed by atoms with E-state index in [0.29, 0.717) is 13.1 Å². The quantitative estimate of drug-likeness (QED) is 0.740. The van der Waals surface area contributed by atoms with E-state index >= 15 is 0 Å². The van der Waals surface area contributed by atoms with Crippen LogP contribution in [0.15, 0.2) is 36.4 Å². The van der Waals surface area contributed by atoms with Gasteiger partial charge in [0.05, 0.1) is 13.7 Å². The molecule has 1 aromatic carbocycles. The molecule has 0 saturated carbocycles. The first-order valence-electron chi connectivity index (χ1n) is 6.81. The Morgan fingerprint density at radius 2 is 2.15 bits per heavy atom. The van der Waals surface area contributed by atoms with Crippen molar-refractivity contribution in [3.8, 4) is 5.75 Å². The van der Waals surface area contributed by atoms with Gasteiger partial charge in [0.1, 0.15) is 5.75 Å². The monoisotopic (exact) mass is 276 g/mol. The van der Waals surface area contributed by atoms with Crippen LogP contribution in [0.5, 0.6) is 5.75 Å². The van der Waals surface area contributed by atoms with Gasteiger partial charge in [0, 0.05) is 13.1 Å². The Morgan fingerprint density at radius 3 is 2.75 bits per heavy atom. The number of carbonyl (C=O) groups excluding carboxylic acids is 1. The van der Waals surface area contributed by atoms with Crippen LogP contribution in [-0.4, -0.2) is 37.6 Å². The minimum atomic E-state index is 0.0240. The van der Waals surface area contributed by atoms with E-state index in [-0.39, 0.29) is 5.91 Å². The molecule has 20 heavy (non-hydrogen) atoms. The molecular weight excluding hydrogens is 252 g/mol. The van der Waals surface area contributed by atoms with Crippen LogP contribution in [0.3, 0.4) is 0 Å². The highest BCUT2D eigenvalue weighted by Gasteiger charge is 2.08. The number of benzene rings is 1. The fourth-order valence-corrected chi connectivity index (χ4v) is 1.90. The van der Waals surface area contributed by atoms with Crippen molar-refractivity contribution in [1.82, 2.24) is 10.2 Å². The second-order valence-electron chi connectivity index (χ2n) is 4.89. The average Bonchev–Trinajstić information content (AvgIpc) is 2.44. The molecule has 0 heterocycles. The predicted molar refractivity (Wildman–Crippen MR) is 81.8 cm³/mol. The fourth-order valence-electron chi connectivity index (χ4n) is 1.90. The standard InChI is InChI=1S/C16H24N2O2/c1-5-18(11-13(2)3)12-16(19)17-10-14-7-6-8-15(9-14)20-4/h6-9H,2,5,10-12H2,1,3-4H3,(H,17,19). The second-order valence-corrected chi connectivity index (χ2v) is 4.89. The maximum absolute atomic E-state index is 11.9. The average molecular weight is 276 g/mol. The molecule has 0 aromatic heterocycles. The van der Waals surface area contributed by atoms with Gasteiger partial charge in [-0.1, -0.05) is 31.2 Å². The number of nitrogens with one attached hydrogen (secondary N) is 1. The van der Waals surface area contributed by atoms with Gasteiger partial charge in [0.2, 0.25) is 5.91 Å². The third kappa shape index (κ3) is 5.89. The van der Waals surface area contributed by atoms with Gasteiger partial charge in [-0.15, -0.1) is 0 Å². The number of hydrogen-bond acceptors (Lipinski definition) is 3. The van der Waals surface area contributed by atoms with Gasteiger partial charge < -0.3 is 10.1 Å². The Kier molecular flexibility index (Phi) is 6.81. The summed E-state index contributed by atoms with van der Waals surface area (Å²) in [6.07, 6.45) is 0. The molecule has 4 nitrogen and oxygen atoms in total. The van der Waals surface area contributed by atoms with E-state index in [9.17, 15) is 4.79 Å². The predicted octanol–water partition coefficient (Wildman–Crippen LogP) is 2.21. The molecule has 1 aromatic rings. The summed E-state index contributed by atoms with van der Waals surface area (Å²) in [5.41, 5.74) is 2.09. The van der Waals surface area contributed by atoms with E-state index in [2.05, 4.69) is 16.8 Å². The van der Waals surface area contributed by atoms with Crippen LogP contribution < -0.4 is 10.1 Å². The molecule has 0 aliphatic heterocycles. The van der Waals surface area contributed by atoms with Crippen molar-refractivity contribution in [2.75, 3.05) is 26.7 Å². The Bertz CT molecular complexity index is 458. The van der Waals surface area contributed by atoms with Crippen molar-refractivity contribution in [2.45, 2.75) is 20.4 Å². The van der Waals surface area contributed by atoms with Crippen LogP contribution in [0.4, 0.5) is 0 Å². The minimum absolute atomic E-state index is 0.0240. The summed E-state index contributed by atoms with van der Waals surface area (Å²) in [6, 6.07) is 7.69. The fraction of sp³-hybridized carbons (Fsp3) is 0.438. The Hall–Kier alpha value is -1.81. The van der Waals surface area contributed by atoms with Gasteiger partial charge in [-0.25, -0.2) is 0 Å². The van der Waals surface area contributed by atoms with Crippen molar-refractivity contribution < 1.29 is 9.53 Å². The summed E-state index contributed by atoms with van der Waals surface area (Å²) >= 11 is 0. The van der Waals surface area contributed by atoms with Crippen molar-refractivity contribution in [3.63, 3.8) is 0 Å². The summed E-state index contributed by atoms with van der Waals surface area (Å²) < 4.78 is 5.16. The summed E-state index contributed by atoms with van der Waals surface area (Å²) in [4.78, 5) is 14.0. The lowest BCUT2D eigenvalue weighted by Gasteiger charge is -2.19. The molecule has 1 N–H and O–H groups in total. The largest absolute Gasteiger partial charge is 0.497 e. The van der Waals surface area contributed by atoms with Crippen LogP contribution in [-0.2, 0) is 11.3 Å². The van der Waals surface area contributed by atoms with Crippen molar-refractivity contribution in [2.24, 2.45) is 0 Å². The van der Waals surface area contributed by atoms with Crippen LogP contribution >= 0.6 is 0 Å². The first kappa shape index (κ1) is 16.2. The normalized spacial score (nSPS) is 10.4. The number of likely N-dealkylation sites (N-methyl/N-ethyl adjacent to an activating group) is 1. The lowest BCUT2D eigenvalue weighted by molar-refractivity contribution is -0.122. The van der Waals surface area contributed by atoms with Crippen molar-refractivity contribution in [1.29, 1.82) is 0 Å². The summed E-state index contributed by atoms with van der Waals surface area (Å²) in [6.45, 7) is 10.4. The molecule has 0 radical (unpaired) electrons.